The maximum atomic E-state index is 13.6. The molecule has 0 aliphatic carbocycles. The number of rotatable bonds is 3. The summed E-state index contributed by atoms with van der Waals surface area (Å²) in [5.74, 6) is 0.335. The summed E-state index contributed by atoms with van der Waals surface area (Å²) in [5.41, 5.74) is 8.24. The molecule has 1 unspecified atom stereocenters. The van der Waals surface area contributed by atoms with E-state index in [9.17, 15) is 4.39 Å². The summed E-state index contributed by atoms with van der Waals surface area (Å²) < 4.78 is 18.9. The zero-order chi connectivity index (χ0) is 14.0. The minimum absolute atomic E-state index is 0.263. The topological polar surface area (TPSA) is 35.2 Å². The van der Waals surface area contributed by atoms with Crippen LogP contribution in [0.15, 0.2) is 36.4 Å². The molecule has 0 aromatic heterocycles. The Labute approximate surface area is 117 Å². The fourth-order valence-corrected chi connectivity index (χ4v) is 2.09. The van der Waals surface area contributed by atoms with Gasteiger partial charge in [0.25, 0.3) is 0 Å². The van der Waals surface area contributed by atoms with Crippen molar-refractivity contribution < 1.29 is 9.13 Å². The van der Waals surface area contributed by atoms with Gasteiger partial charge >= 0.3 is 0 Å². The number of benzene rings is 2. The molecule has 0 spiro atoms. The van der Waals surface area contributed by atoms with Crippen LogP contribution < -0.4 is 10.5 Å². The molecule has 4 heteroatoms. The summed E-state index contributed by atoms with van der Waals surface area (Å²) in [4.78, 5) is 0. The lowest BCUT2D eigenvalue weighted by Crippen LogP contribution is -2.13. The zero-order valence-corrected chi connectivity index (χ0v) is 11.5. The van der Waals surface area contributed by atoms with Crippen LogP contribution in [0.2, 0.25) is 5.02 Å². The molecule has 100 valence electrons. The van der Waals surface area contributed by atoms with Crippen LogP contribution in [0.1, 0.15) is 22.7 Å². The quantitative estimate of drug-likeness (QED) is 0.926. The largest absolute Gasteiger partial charge is 0.496 e. The van der Waals surface area contributed by atoms with E-state index < -0.39 is 6.04 Å². The molecule has 0 aliphatic rings. The van der Waals surface area contributed by atoms with E-state index in [-0.39, 0.29) is 5.82 Å². The van der Waals surface area contributed by atoms with Crippen molar-refractivity contribution in [1.82, 2.24) is 0 Å². The highest BCUT2D eigenvalue weighted by Gasteiger charge is 2.15. The Morgan fingerprint density at radius 2 is 1.95 bits per heavy atom. The van der Waals surface area contributed by atoms with Gasteiger partial charge in [0, 0.05) is 10.6 Å². The van der Waals surface area contributed by atoms with Crippen LogP contribution in [-0.2, 0) is 0 Å². The standard InChI is InChI=1S/C15H15ClFNO/c1-9-3-4-10(7-13(9)17)15(18)12-6-5-11(16)8-14(12)19-2/h3-8,15H,18H2,1-2H3. The summed E-state index contributed by atoms with van der Waals surface area (Å²) in [5, 5.41) is 0.572. The molecule has 2 nitrogen and oxygen atoms in total. The SMILES string of the molecule is COc1cc(Cl)ccc1C(N)c1ccc(C)c(F)c1. The second kappa shape index (κ2) is 5.59. The van der Waals surface area contributed by atoms with E-state index in [0.29, 0.717) is 21.9 Å². The average molecular weight is 280 g/mol. The Kier molecular flexibility index (Phi) is 4.08. The van der Waals surface area contributed by atoms with E-state index in [1.165, 1.54) is 6.07 Å². The highest BCUT2D eigenvalue weighted by atomic mass is 35.5. The van der Waals surface area contributed by atoms with E-state index >= 15 is 0 Å². The molecule has 2 rings (SSSR count). The molecule has 19 heavy (non-hydrogen) atoms. The van der Waals surface area contributed by atoms with Crippen molar-refractivity contribution in [3.8, 4) is 5.75 Å². The lowest BCUT2D eigenvalue weighted by Gasteiger charge is -2.17. The number of hydrogen-bond donors (Lipinski definition) is 1. The summed E-state index contributed by atoms with van der Waals surface area (Å²) in [6.45, 7) is 1.72. The minimum Gasteiger partial charge on any atom is -0.496 e. The van der Waals surface area contributed by atoms with E-state index in [1.54, 1.807) is 38.3 Å². The van der Waals surface area contributed by atoms with Gasteiger partial charge in [0.15, 0.2) is 0 Å². The molecule has 2 aromatic rings. The molecule has 0 radical (unpaired) electrons. The molecular weight excluding hydrogens is 265 g/mol. The fourth-order valence-electron chi connectivity index (χ4n) is 1.92. The van der Waals surface area contributed by atoms with E-state index in [2.05, 4.69) is 0 Å². The van der Waals surface area contributed by atoms with Crippen molar-refractivity contribution in [2.24, 2.45) is 5.73 Å². The van der Waals surface area contributed by atoms with Crippen molar-refractivity contribution in [3.63, 3.8) is 0 Å². The van der Waals surface area contributed by atoms with Gasteiger partial charge < -0.3 is 10.5 Å². The first-order chi connectivity index (χ1) is 9.02. The van der Waals surface area contributed by atoms with Gasteiger partial charge in [-0.05, 0) is 36.2 Å². The maximum absolute atomic E-state index is 13.6. The highest BCUT2D eigenvalue weighted by molar-refractivity contribution is 6.30. The van der Waals surface area contributed by atoms with E-state index in [4.69, 9.17) is 22.1 Å². The molecule has 0 bridgehead atoms. The van der Waals surface area contributed by atoms with Crippen LogP contribution in [0.25, 0.3) is 0 Å². The number of halogens is 2. The van der Waals surface area contributed by atoms with Gasteiger partial charge in [-0.25, -0.2) is 4.39 Å². The first kappa shape index (κ1) is 13.8. The van der Waals surface area contributed by atoms with Crippen LogP contribution in [-0.4, -0.2) is 7.11 Å². The molecule has 0 fully saturated rings. The summed E-state index contributed by atoms with van der Waals surface area (Å²) in [6, 6.07) is 9.76. The third kappa shape index (κ3) is 2.88. The van der Waals surface area contributed by atoms with Gasteiger partial charge in [-0.1, -0.05) is 29.8 Å². The monoisotopic (exact) mass is 279 g/mol. The lowest BCUT2D eigenvalue weighted by molar-refractivity contribution is 0.408. The first-order valence-electron chi connectivity index (χ1n) is 5.88. The van der Waals surface area contributed by atoms with Gasteiger partial charge in [-0.3, -0.25) is 0 Å². The summed E-state index contributed by atoms with van der Waals surface area (Å²) in [6.07, 6.45) is 0. The Morgan fingerprint density at radius 1 is 1.21 bits per heavy atom. The highest BCUT2D eigenvalue weighted by Crippen LogP contribution is 2.31. The van der Waals surface area contributed by atoms with Crippen molar-refractivity contribution in [1.29, 1.82) is 0 Å². The molecule has 0 saturated heterocycles. The zero-order valence-electron chi connectivity index (χ0n) is 10.8. The third-order valence-electron chi connectivity index (χ3n) is 3.09. The van der Waals surface area contributed by atoms with E-state index in [1.807, 2.05) is 6.07 Å². The normalized spacial score (nSPS) is 12.3. The van der Waals surface area contributed by atoms with Gasteiger partial charge in [0.1, 0.15) is 11.6 Å². The number of methoxy groups -OCH3 is 1. The Balaban J connectivity index is 2.43. The number of ether oxygens (including phenoxy) is 1. The maximum Gasteiger partial charge on any atom is 0.126 e. The van der Waals surface area contributed by atoms with Crippen molar-refractivity contribution >= 4 is 11.6 Å². The lowest BCUT2D eigenvalue weighted by atomic mass is 9.97. The molecule has 2 aromatic carbocycles. The molecule has 0 heterocycles. The number of aryl methyl sites for hydroxylation is 1. The summed E-state index contributed by atoms with van der Waals surface area (Å²) in [7, 11) is 1.55. The third-order valence-corrected chi connectivity index (χ3v) is 3.32. The van der Waals surface area contributed by atoms with Crippen molar-refractivity contribution in [2.45, 2.75) is 13.0 Å². The Hall–Kier alpha value is -1.58. The van der Waals surface area contributed by atoms with Crippen LogP contribution >= 0.6 is 11.6 Å². The predicted molar refractivity (Wildman–Crippen MR) is 75.2 cm³/mol. The van der Waals surface area contributed by atoms with Crippen molar-refractivity contribution in [3.05, 3.63) is 63.9 Å². The van der Waals surface area contributed by atoms with Gasteiger partial charge in [-0.2, -0.15) is 0 Å². The molecule has 2 N–H and O–H groups in total. The smallest absolute Gasteiger partial charge is 0.126 e. The number of hydrogen-bond acceptors (Lipinski definition) is 2. The second-order valence-electron chi connectivity index (χ2n) is 4.37. The first-order valence-corrected chi connectivity index (χ1v) is 6.26. The molecular formula is C15H15ClFNO. The Bertz CT molecular complexity index is 601. The minimum atomic E-state index is -0.456. The average Bonchev–Trinajstić information content (AvgIpc) is 2.41. The van der Waals surface area contributed by atoms with Crippen LogP contribution in [0, 0.1) is 12.7 Å². The Morgan fingerprint density at radius 3 is 2.58 bits per heavy atom. The van der Waals surface area contributed by atoms with Crippen LogP contribution in [0.3, 0.4) is 0 Å². The van der Waals surface area contributed by atoms with E-state index in [0.717, 1.165) is 5.56 Å². The number of nitrogens with two attached hydrogens (primary N) is 1. The second-order valence-corrected chi connectivity index (χ2v) is 4.81. The van der Waals surface area contributed by atoms with Crippen LogP contribution in [0.4, 0.5) is 4.39 Å². The fraction of sp³-hybridized carbons (Fsp3) is 0.200. The molecule has 0 amide bonds. The predicted octanol–water partition coefficient (Wildman–Crippen LogP) is 3.84. The molecule has 0 aliphatic heterocycles. The molecule has 0 saturated carbocycles. The van der Waals surface area contributed by atoms with Gasteiger partial charge in [-0.15, -0.1) is 0 Å². The van der Waals surface area contributed by atoms with Crippen LogP contribution in [0.5, 0.6) is 5.75 Å². The van der Waals surface area contributed by atoms with Crippen molar-refractivity contribution in [2.75, 3.05) is 7.11 Å². The summed E-state index contributed by atoms with van der Waals surface area (Å²) >= 11 is 5.91. The molecule has 1 atom stereocenters. The van der Waals surface area contributed by atoms with Gasteiger partial charge in [0.05, 0.1) is 13.2 Å². The van der Waals surface area contributed by atoms with Gasteiger partial charge in [0.2, 0.25) is 0 Å².